The Bertz CT molecular complexity index is 516. The van der Waals surface area contributed by atoms with Gasteiger partial charge in [0.25, 0.3) is 0 Å². The largest absolute Gasteiger partial charge is 0.418 e. The van der Waals surface area contributed by atoms with E-state index in [1.807, 2.05) is 13.0 Å². The number of rotatable bonds is 0. The third kappa shape index (κ3) is 1.26. The number of aromatic nitrogens is 1. The summed E-state index contributed by atoms with van der Waals surface area (Å²) in [6.45, 7) is 1.91. The lowest BCUT2D eigenvalue weighted by Crippen LogP contribution is -2.08. The smallest absolute Gasteiger partial charge is 0.379 e. The van der Waals surface area contributed by atoms with Gasteiger partial charge in [-0.05, 0) is 24.6 Å². The van der Waals surface area contributed by atoms with Crippen LogP contribution < -0.4 is 11.4 Å². The highest BCUT2D eigenvalue weighted by Gasteiger charge is 2.02. The third-order valence-electron chi connectivity index (χ3n) is 1.77. The first kappa shape index (κ1) is 7.79. The molecule has 0 saturated heterocycles. The van der Waals surface area contributed by atoms with Gasteiger partial charge in [-0.2, -0.15) is 0 Å². The van der Waals surface area contributed by atoms with Crippen LogP contribution in [0.15, 0.2) is 27.4 Å². The lowest BCUT2D eigenvalue weighted by atomic mass is 10.2. The molecule has 0 amide bonds. The number of hydrogen-bond donors (Lipinski definition) is 1. The number of hydrogen-bond acceptors (Lipinski definition) is 4. The average Bonchev–Trinajstić information content (AvgIpc) is 2.08. The molecule has 4 nitrogen and oxygen atoms in total. The first-order valence-corrected chi connectivity index (χ1v) is 3.84. The van der Waals surface area contributed by atoms with Crippen molar-refractivity contribution < 1.29 is 4.42 Å². The highest BCUT2D eigenvalue weighted by molar-refractivity contribution is 5.73. The van der Waals surface area contributed by atoms with E-state index in [9.17, 15) is 4.79 Å². The van der Waals surface area contributed by atoms with E-state index < -0.39 is 5.63 Å². The second-order valence-corrected chi connectivity index (χ2v) is 2.86. The fraction of sp³-hybridized carbons (Fsp3) is 0.111. The summed E-state index contributed by atoms with van der Waals surface area (Å²) in [5.41, 5.74) is 6.81. The maximum atomic E-state index is 11.0. The van der Waals surface area contributed by atoms with Gasteiger partial charge in [0.1, 0.15) is 5.52 Å². The van der Waals surface area contributed by atoms with E-state index in [1.54, 1.807) is 12.1 Å². The molecule has 0 aliphatic rings. The van der Waals surface area contributed by atoms with Crippen molar-refractivity contribution in [2.45, 2.75) is 6.92 Å². The molecule has 0 saturated carbocycles. The quantitative estimate of drug-likeness (QED) is 0.652. The third-order valence-corrected chi connectivity index (χ3v) is 1.77. The highest BCUT2D eigenvalue weighted by Crippen LogP contribution is 2.12. The molecule has 66 valence electrons. The number of aryl methyl sites for hydroxylation is 1. The van der Waals surface area contributed by atoms with Crippen molar-refractivity contribution in [2.75, 3.05) is 5.73 Å². The van der Waals surface area contributed by atoms with Crippen LogP contribution in [0.25, 0.3) is 11.1 Å². The summed E-state index contributed by atoms with van der Waals surface area (Å²) < 4.78 is 4.93. The van der Waals surface area contributed by atoms with Crippen molar-refractivity contribution in [3.63, 3.8) is 0 Å². The minimum Gasteiger partial charge on any atom is -0.418 e. The molecule has 0 spiro atoms. The summed E-state index contributed by atoms with van der Waals surface area (Å²) in [5, 5.41) is 0. The Morgan fingerprint density at radius 2 is 2.23 bits per heavy atom. The Kier molecular flexibility index (Phi) is 1.55. The van der Waals surface area contributed by atoms with E-state index in [0.717, 1.165) is 5.56 Å². The molecule has 0 unspecified atom stereocenters. The first-order chi connectivity index (χ1) is 6.16. The van der Waals surface area contributed by atoms with Gasteiger partial charge in [-0.15, -0.1) is 0 Å². The maximum absolute atomic E-state index is 11.0. The van der Waals surface area contributed by atoms with Gasteiger partial charge in [0.15, 0.2) is 5.58 Å². The normalized spacial score (nSPS) is 10.5. The lowest BCUT2D eigenvalue weighted by molar-refractivity contribution is 0.558. The van der Waals surface area contributed by atoms with Gasteiger partial charge in [-0.3, -0.25) is 0 Å². The summed E-state index contributed by atoms with van der Waals surface area (Å²) >= 11 is 0. The number of nitrogens with two attached hydrogens (primary N) is 1. The summed E-state index contributed by atoms with van der Waals surface area (Å²) in [6, 6.07) is 5.40. The van der Waals surface area contributed by atoms with Gasteiger partial charge in [0.2, 0.25) is 5.82 Å². The lowest BCUT2D eigenvalue weighted by Gasteiger charge is -1.97. The number of nitrogens with zero attached hydrogens (tertiary/aromatic N) is 1. The number of anilines is 1. The van der Waals surface area contributed by atoms with Gasteiger partial charge < -0.3 is 10.2 Å². The van der Waals surface area contributed by atoms with Gasteiger partial charge in [-0.1, -0.05) is 6.07 Å². The van der Waals surface area contributed by atoms with Crippen LogP contribution in [-0.4, -0.2) is 4.98 Å². The zero-order valence-electron chi connectivity index (χ0n) is 7.07. The predicted octanol–water partition coefficient (Wildman–Crippen LogP) is 1.08. The Hall–Kier alpha value is -1.84. The molecule has 13 heavy (non-hydrogen) atoms. The zero-order valence-corrected chi connectivity index (χ0v) is 7.07. The number of fused-ring (bicyclic) bond motifs is 1. The highest BCUT2D eigenvalue weighted by atomic mass is 16.4. The molecule has 0 aliphatic carbocycles. The SMILES string of the molecule is Cc1ccc2nc(N)c(=O)oc2c1. The molecule has 0 fully saturated rings. The molecule has 0 radical (unpaired) electrons. The molecular weight excluding hydrogens is 168 g/mol. The van der Waals surface area contributed by atoms with Crippen LogP contribution in [-0.2, 0) is 0 Å². The molecule has 2 rings (SSSR count). The molecule has 1 aromatic carbocycles. The van der Waals surface area contributed by atoms with Crippen LogP contribution in [0.2, 0.25) is 0 Å². The van der Waals surface area contributed by atoms with E-state index in [2.05, 4.69) is 4.98 Å². The van der Waals surface area contributed by atoms with E-state index in [0.29, 0.717) is 11.1 Å². The van der Waals surface area contributed by atoms with E-state index in [1.165, 1.54) is 0 Å². The van der Waals surface area contributed by atoms with Crippen LogP contribution in [0, 0.1) is 6.92 Å². The van der Waals surface area contributed by atoms with Gasteiger partial charge in [0, 0.05) is 0 Å². The van der Waals surface area contributed by atoms with E-state index >= 15 is 0 Å². The van der Waals surface area contributed by atoms with Crippen LogP contribution in [0.5, 0.6) is 0 Å². The average molecular weight is 176 g/mol. The fourth-order valence-corrected chi connectivity index (χ4v) is 1.12. The Morgan fingerprint density at radius 1 is 1.46 bits per heavy atom. The summed E-state index contributed by atoms with van der Waals surface area (Å²) in [7, 11) is 0. The van der Waals surface area contributed by atoms with Crippen molar-refractivity contribution in [1.82, 2.24) is 4.98 Å². The minimum absolute atomic E-state index is 0.101. The molecule has 4 heteroatoms. The first-order valence-electron chi connectivity index (χ1n) is 3.84. The molecule has 0 atom stereocenters. The monoisotopic (exact) mass is 176 g/mol. The van der Waals surface area contributed by atoms with Crippen LogP contribution in [0.1, 0.15) is 5.56 Å². The summed E-state index contributed by atoms with van der Waals surface area (Å²) in [6.07, 6.45) is 0. The van der Waals surface area contributed by atoms with Gasteiger partial charge in [-0.25, -0.2) is 9.78 Å². The van der Waals surface area contributed by atoms with Crippen molar-refractivity contribution in [2.24, 2.45) is 0 Å². The topological polar surface area (TPSA) is 69.1 Å². The van der Waals surface area contributed by atoms with E-state index in [-0.39, 0.29) is 5.82 Å². The Labute approximate surface area is 74.0 Å². The van der Waals surface area contributed by atoms with Crippen LogP contribution in [0.4, 0.5) is 5.82 Å². The van der Waals surface area contributed by atoms with Crippen LogP contribution >= 0.6 is 0 Å². The van der Waals surface area contributed by atoms with Crippen LogP contribution in [0.3, 0.4) is 0 Å². The molecule has 0 aliphatic heterocycles. The Morgan fingerprint density at radius 3 is 3.00 bits per heavy atom. The zero-order chi connectivity index (χ0) is 9.42. The standard InChI is InChI=1S/C9H8N2O2/c1-5-2-3-6-7(4-5)13-9(12)8(10)11-6/h2-4H,1H3,(H2,10,11). The van der Waals surface area contributed by atoms with Gasteiger partial charge in [0.05, 0.1) is 0 Å². The molecular formula is C9H8N2O2. The fourth-order valence-electron chi connectivity index (χ4n) is 1.12. The molecule has 0 bridgehead atoms. The molecule has 2 aromatic rings. The summed E-state index contributed by atoms with van der Waals surface area (Å²) in [5.74, 6) is -0.101. The second kappa shape index (κ2) is 2.58. The molecule has 1 heterocycles. The minimum atomic E-state index is -0.585. The molecule has 1 aromatic heterocycles. The van der Waals surface area contributed by atoms with Gasteiger partial charge >= 0.3 is 5.63 Å². The van der Waals surface area contributed by atoms with Crippen molar-refractivity contribution >= 4 is 16.9 Å². The second-order valence-electron chi connectivity index (χ2n) is 2.86. The summed E-state index contributed by atoms with van der Waals surface area (Å²) in [4.78, 5) is 14.9. The van der Waals surface area contributed by atoms with Crippen molar-refractivity contribution in [3.8, 4) is 0 Å². The Balaban J connectivity index is 2.89. The molecule has 2 N–H and O–H groups in total. The number of nitrogen functional groups attached to an aromatic ring is 1. The predicted molar refractivity (Wildman–Crippen MR) is 49.4 cm³/mol. The van der Waals surface area contributed by atoms with Crippen molar-refractivity contribution in [3.05, 3.63) is 34.2 Å². The van der Waals surface area contributed by atoms with E-state index in [4.69, 9.17) is 10.2 Å². The maximum Gasteiger partial charge on any atom is 0.379 e. The number of benzene rings is 1. The van der Waals surface area contributed by atoms with Crippen molar-refractivity contribution in [1.29, 1.82) is 0 Å².